The van der Waals surface area contributed by atoms with E-state index in [1.54, 1.807) is 4.68 Å². The molecule has 2 N–H and O–H groups in total. The maximum atomic E-state index is 5.85. The molecular formula is C11H15N5. The van der Waals surface area contributed by atoms with Crippen molar-refractivity contribution in [1.82, 2.24) is 20.2 Å². The predicted molar refractivity (Wildman–Crippen MR) is 62.4 cm³/mol. The molecule has 0 unspecified atom stereocenters. The second-order valence-corrected chi connectivity index (χ2v) is 3.86. The summed E-state index contributed by atoms with van der Waals surface area (Å²) in [6.45, 7) is 6.02. The largest absolute Gasteiger partial charge is 0.399 e. The molecule has 0 saturated heterocycles. The highest BCUT2D eigenvalue weighted by Gasteiger charge is 2.10. The van der Waals surface area contributed by atoms with Gasteiger partial charge in [0.25, 0.3) is 0 Å². The molecule has 2 rings (SSSR count). The lowest BCUT2D eigenvalue weighted by molar-refractivity contribution is 0.762. The summed E-state index contributed by atoms with van der Waals surface area (Å²) in [5.41, 5.74) is 9.76. The van der Waals surface area contributed by atoms with E-state index in [4.69, 9.17) is 5.73 Å². The topological polar surface area (TPSA) is 69.6 Å². The Labute approximate surface area is 94.3 Å². The van der Waals surface area contributed by atoms with Crippen molar-refractivity contribution in [2.45, 2.75) is 27.2 Å². The van der Waals surface area contributed by atoms with Crippen LogP contribution in [0.3, 0.4) is 0 Å². The fraction of sp³-hybridized carbons (Fsp3) is 0.364. The minimum absolute atomic E-state index is 0.798. The van der Waals surface area contributed by atoms with Crippen LogP contribution in [0.15, 0.2) is 12.1 Å². The van der Waals surface area contributed by atoms with Crippen LogP contribution in [0.5, 0.6) is 0 Å². The highest BCUT2D eigenvalue weighted by molar-refractivity contribution is 5.56. The molecule has 1 aromatic carbocycles. The number of nitrogens with zero attached hydrogens (tertiary/aromatic N) is 4. The summed E-state index contributed by atoms with van der Waals surface area (Å²) in [6.07, 6.45) is 0.801. The molecule has 0 spiro atoms. The number of nitrogen functional groups attached to an aromatic ring is 1. The fourth-order valence-corrected chi connectivity index (χ4v) is 1.66. The summed E-state index contributed by atoms with van der Waals surface area (Å²) in [7, 11) is 0. The first-order valence-electron chi connectivity index (χ1n) is 5.27. The van der Waals surface area contributed by atoms with E-state index in [2.05, 4.69) is 15.5 Å². The highest BCUT2D eigenvalue weighted by atomic mass is 15.5. The van der Waals surface area contributed by atoms with E-state index in [0.29, 0.717) is 0 Å². The second kappa shape index (κ2) is 3.92. The molecule has 0 bridgehead atoms. The second-order valence-electron chi connectivity index (χ2n) is 3.86. The van der Waals surface area contributed by atoms with Crippen LogP contribution >= 0.6 is 0 Å². The zero-order valence-electron chi connectivity index (χ0n) is 9.73. The average Bonchev–Trinajstić information content (AvgIpc) is 2.71. The van der Waals surface area contributed by atoms with Gasteiger partial charge in [0.1, 0.15) is 0 Å². The van der Waals surface area contributed by atoms with Gasteiger partial charge in [0.05, 0.1) is 5.69 Å². The predicted octanol–water partition coefficient (Wildman–Crippen LogP) is 1.42. The zero-order valence-corrected chi connectivity index (χ0v) is 9.73. The summed E-state index contributed by atoms with van der Waals surface area (Å²) < 4.78 is 1.77. The van der Waals surface area contributed by atoms with Crippen LogP contribution in [0.25, 0.3) is 5.69 Å². The molecule has 5 heteroatoms. The summed E-state index contributed by atoms with van der Waals surface area (Å²) in [5, 5.41) is 11.7. The van der Waals surface area contributed by atoms with E-state index in [9.17, 15) is 0 Å². The molecular weight excluding hydrogens is 202 g/mol. The SMILES string of the molecule is CCc1nnnn1-c1cc(C)c(N)cc1C. The standard InChI is InChI=1S/C11H15N5/c1-4-11-13-14-15-16(11)10-6-7(2)9(12)5-8(10)3/h5-6H,4,12H2,1-3H3. The van der Waals surface area contributed by atoms with E-state index in [0.717, 1.165) is 34.7 Å². The molecule has 1 heterocycles. The Balaban J connectivity index is 2.60. The number of anilines is 1. The first-order chi connectivity index (χ1) is 7.63. The molecule has 0 fully saturated rings. The Morgan fingerprint density at radius 1 is 1.25 bits per heavy atom. The van der Waals surface area contributed by atoms with Gasteiger partial charge in [-0.1, -0.05) is 6.92 Å². The summed E-state index contributed by atoms with van der Waals surface area (Å²) >= 11 is 0. The van der Waals surface area contributed by atoms with Crippen LogP contribution in [0.2, 0.25) is 0 Å². The van der Waals surface area contributed by atoms with Gasteiger partial charge in [0, 0.05) is 12.1 Å². The van der Waals surface area contributed by atoms with Crippen molar-refractivity contribution in [1.29, 1.82) is 0 Å². The number of tetrazole rings is 1. The highest BCUT2D eigenvalue weighted by Crippen LogP contribution is 2.21. The monoisotopic (exact) mass is 217 g/mol. The van der Waals surface area contributed by atoms with E-state index in [1.807, 2.05) is 32.9 Å². The first kappa shape index (κ1) is 10.6. The molecule has 1 aromatic heterocycles. The molecule has 0 radical (unpaired) electrons. The van der Waals surface area contributed by atoms with Crippen LogP contribution in [0.1, 0.15) is 23.9 Å². The van der Waals surface area contributed by atoms with Crippen LogP contribution in [0, 0.1) is 13.8 Å². The van der Waals surface area contributed by atoms with Crippen molar-refractivity contribution in [3.63, 3.8) is 0 Å². The van der Waals surface area contributed by atoms with Gasteiger partial charge in [-0.25, -0.2) is 0 Å². The third kappa shape index (κ3) is 1.64. The lowest BCUT2D eigenvalue weighted by atomic mass is 10.1. The van der Waals surface area contributed by atoms with Gasteiger partial charge in [0.15, 0.2) is 5.82 Å². The number of hydrogen-bond donors (Lipinski definition) is 1. The van der Waals surface area contributed by atoms with Gasteiger partial charge >= 0.3 is 0 Å². The van der Waals surface area contributed by atoms with Crippen molar-refractivity contribution in [3.05, 3.63) is 29.1 Å². The van der Waals surface area contributed by atoms with Gasteiger partial charge in [-0.05, 0) is 47.5 Å². The lowest BCUT2D eigenvalue weighted by Crippen LogP contribution is -2.05. The third-order valence-electron chi connectivity index (χ3n) is 2.66. The summed E-state index contributed by atoms with van der Waals surface area (Å²) in [6, 6.07) is 3.96. The van der Waals surface area contributed by atoms with Crippen molar-refractivity contribution < 1.29 is 0 Å². The van der Waals surface area contributed by atoms with Crippen molar-refractivity contribution in [2.24, 2.45) is 0 Å². The molecule has 16 heavy (non-hydrogen) atoms. The van der Waals surface area contributed by atoms with E-state index in [1.165, 1.54) is 0 Å². The van der Waals surface area contributed by atoms with Crippen molar-refractivity contribution in [2.75, 3.05) is 5.73 Å². The number of aromatic nitrogens is 4. The normalized spacial score (nSPS) is 10.7. The van der Waals surface area contributed by atoms with Gasteiger partial charge in [0.2, 0.25) is 0 Å². The molecule has 5 nitrogen and oxygen atoms in total. The Bertz CT molecular complexity index is 515. The average molecular weight is 217 g/mol. The molecule has 0 aliphatic rings. The number of aryl methyl sites for hydroxylation is 3. The van der Waals surface area contributed by atoms with Gasteiger partial charge < -0.3 is 5.73 Å². The maximum Gasteiger partial charge on any atom is 0.156 e. The van der Waals surface area contributed by atoms with Crippen LogP contribution in [-0.4, -0.2) is 20.2 Å². The molecule has 84 valence electrons. The fourth-order valence-electron chi connectivity index (χ4n) is 1.66. The molecule has 0 saturated carbocycles. The van der Waals surface area contributed by atoms with Crippen molar-refractivity contribution >= 4 is 5.69 Å². The smallest absolute Gasteiger partial charge is 0.156 e. The lowest BCUT2D eigenvalue weighted by Gasteiger charge is -2.10. The van der Waals surface area contributed by atoms with Gasteiger partial charge in [-0.3, -0.25) is 0 Å². The summed E-state index contributed by atoms with van der Waals surface area (Å²) in [4.78, 5) is 0. The first-order valence-corrected chi connectivity index (χ1v) is 5.27. The van der Waals surface area contributed by atoms with Crippen LogP contribution in [-0.2, 0) is 6.42 Å². The molecule has 0 amide bonds. The van der Waals surface area contributed by atoms with Gasteiger partial charge in [-0.2, -0.15) is 4.68 Å². The quantitative estimate of drug-likeness (QED) is 0.772. The Kier molecular flexibility index (Phi) is 2.60. The molecule has 2 aromatic rings. The number of benzene rings is 1. The maximum absolute atomic E-state index is 5.85. The van der Waals surface area contributed by atoms with Crippen molar-refractivity contribution in [3.8, 4) is 5.69 Å². The van der Waals surface area contributed by atoms with E-state index < -0.39 is 0 Å². The Morgan fingerprint density at radius 3 is 2.69 bits per heavy atom. The Morgan fingerprint density at radius 2 is 2.00 bits per heavy atom. The molecule has 0 aliphatic heterocycles. The Hall–Kier alpha value is -1.91. The molecule has 0 atom stereocenters. The van der Waals surface area contributed by atoms with Crippen LogP contribution in [0.4, 0.5) is 5.69 Å². The number of nitrogens with two attached hydrogens (primary N) is 1. The zero-order chi connectivity index (χ0) is 11.7. The minimum Gasteiger partial charge on any atom is -0.399 e. The summed E-state index contributed by atoms with van der Waals surface area (Å²) in [5.74, 6) is 0.854. The van der Waals surface area contributed by atoms with E-state index >= 15 is 0 Å². The number of rotatable bonds is 2. The van der Waals surface area contributed by atoms with E-state index in [-0.39, 0.29) is 0 Å². The number of hydrogen-bond acceptors (Lipinski definition) is 4. The third-order valence-corrected chi connectivity index (χ3v) is 2.66. The molecule has 0 aliphatic carbocycles. The minimum atomic E-state index is 0.798. The van der Waals surface area contributed by atoms with Gasteiger partial charge in [-0.15, -0.1) is 5.10 Å². The van der Waals surface area contributed by atoms with Crippen LogP contribution < -0.4 is 5.73 Å².